The van der Waals surface area contributed by atoms with Crippen LogP contribution >= 0.6 is 7.82 Å². The Morgan fingerprint density at radius 1 is 0.604 bits per heavy atom. The van der Waals surface area contributed by atoms with Gasteiger partial charge in [0.05, 0.1) is 34.4 Å². The molecule has 0 aliphatic heterocycles. The van der Waals surface area contributed by atoms with E-state index < -0.39 is 13.9 Å². The fourth-order valence-corrected chi connectivity index (χ4v) is 6.30. The van der Waals surface area contributed by atoms with Crippen molar-refractivity contribution < 1.29 is 37.3 Å². The maximum atomic E-state index is 12.7. The number of rotatable bonds is 39. The molecule has 0 aromatic rings. The quantitative estimate of drug-likeness (QED) is 0.0219. The van der Waals surface area contributed by atoms with Crippen molar-refractivity contribution in [1.29, 1.82) is 0 Å². The topological polar surface area (TPSA) is 91.3 Å². The summed E-state index contributed by atoms with van der Waals surface area (Å²) in [4.78, 5) is 22.9. The molecule has 0 bridgehead atoms. The Balaban J connectivity index is 4.29. The summed E-state index contributed by atoms with van der Waals surface area (Å²) in [7, 11) is 1.65. The summed E-state index contributed by atoms with van der Waals surface area (Å²) in [6.45, 7) is 5.46. The normalized spacial score (nSPS) is 14.3. The van der Waals surface area contributed by atoms with E-state index >= 15 is 0 Å². The average Bonchev–Trinajstić information content (AvgIpc) is 3.11. The molecule has 0 aromatic carbocycles. The number of hydrogen-bond acceptors (Lipinski definition) is 6. The lowest BCUT2D eigenvalue weighted by atomic mass is 10.1. The van der Waals surface area contributed by atoms with Crippen LogP contribution in [0, 0.1) is 0 Å². The van der Waals surface area contributed by atoms with Gasteiger partial charge in [0.1, 0.15) is 19.3 Å². The highest BCUT2D eigenvalue weighted by molar-refractivity contribution is 7.47. The van der Waals surface area contributed by atoms with Gasteiger partial charge < -0.3 is 18.9 Å². The molecule has 0 amide bonds. The first-order valence-electron chi connectivity index (χ1n) is 21.4. The van der Waals surface area contributed by atoms with Crippen LogP contribution in [0.3, 0.4) is 0 Å². The minimum Gasteiger partial charge on any atom is -0.457 e. The molecule has 0 saturated heterocycles. The van der Waals surface area contributed by atoms with Crippen molar-refractivity contribution in [2.24, 2.45) is 0 Å². The van der Waals surface area contributed by atoms with Crippen molar-refractivity contribution in [3.8, 4) is 0 Å². The average molecular weight is 769 g/mol. The summed E-state index contributed by atoms with van der Waals surface area (Å²) in [5.41, 5.74) is 0. The molecule has 2 unspecified atom stereocenters. The second kappa shape index (κ2) is 37.4. The first-order valence-corrected chi connectivity index (χ1v) is 22.9. The highest BCUT2D eigenvalue weighted by atomic mass is 31.2. The fraction of sp³-hybridized carbons (Fsp3) is 0.795. The van der Waals surface area contributed by atoms with Crippen LogP contribution in [0.15, 0.2) is 48.6 Å². The molecule has 0 aliphatic rings. The van der Waals surface area contributed by atoms with Gasteiger partial charge in [-0.05, 0) is 70.6 Å². The number of allylic oxidation sites excluding steroid dienone is 8. The molecule has 2 atom stereocenters. The van der Waals surface area contributed by atoms with Crippen molar-refractivity contribution in [2.45, 2.75) is 174 Å². The predicted molar refractivity (Wildman–Crippen MR) is 224 cm³/mol. The number of quaternary nitrogens is 1. The third-order valence-electron chi connectivity index (χ3n) is 8.87. The van der Waals surface area contributed by atoms with E-state index in [1.165, 1.54) is 70.6 Å². The molecular formula is C44H83NO7P+. The Bertz CT molecular complexity index is 989. The molecule has 8 nitrogen and oxygen atoms in total. The minimum absolute atomic E-state index is 0.0828. The lowest BCUT2D eigenvalue weighted by molar-refractivity contribution is -0.870. The molecule has 310 valence electrons. The minimum atomic E-state index is -4.28. The van der Waals surface area contributed by atoms with Crippen LogP contribution in [0.4, 0.5) is 0 Å². The number of esters is 1. The van der Waals surface area contributed by atoms with Crippen LogP contribution < -0.4 is 0 Å². The highest BCUT2D eigenvalue weighted by Crippen LogP contribution is 2.43. The van der Waals surface area contributed by atoms with Crippen molar-refractivity contribution in [1.82, 2.24) is 0 Å². The highest BCUT2D eigenvalue weighted by Gasteiger charge is 2.26. The molecule has 0 rings (SSSR count). The summed E-state index contributed by atoms with van der Waals surface area (Å²) in [5, 5.41) is 0. The zero-order valence-electron chi connectivity index (χ0n) is 35.0. The van der Waals surface area contributed by atoms with Crippen molar-refractivity contribution >= 4 is 13.8 Å². The summed E-state index contributed by atoms with van der Waals surface area (Å²) in [6, 6.07) is 0. The van der Waals surface area contributed by atoms with E-state index in [0.29, 0.717) is 24.1 Å². The molecule has 0 aromatic heterocycles. The molecular weight excluding hydrogens is 685 g/mol. The van der Waals surface area contributed by atoms with Gasteiger partial charge in [0, 0.05) is 13.0 Å². The van der Waals surface area contributed by atoms with Gasteiger partial charge in [0.2, 0.25) is 0 Å². The van der Waals surface area contributed by atoms with Gasteiger partial charge in [-0.3, -0.25) is 13.8 Å². The fourth-order valence-electron chi connectivity index (χ4n) is 5.56. The molecule has 53 heavy (non-hydrogen) atoms. The van der Waals surface area contributed by atoms with Crippen molar-refractivity contribution in [3.05, 3.63) is 48.6 Å². The van der Waals surface area contributed by atoms with Gasteiger partial charge in [-0.25, -0.2) is 4.57 Å². The lowest BCUT2D eigenvalue weighted by Gasteiger charge is -2.24. The summed E-state index contributed by atoms with van der Waals surface area (Å²) >= 11 is 0. The molecule has 0 aliphatic carbocycles. The van der Waals surface area contributed by atoms with Gasteiger partial charge in [0.15, 0.2) is 0 Å². The van der Waals surface area contributed by atoms with Crippen LogP contribution in [-0.2, 0) is 27.9 Å². The first-order chi connectivity index (χ1) is 25.6. The van der Waals surface area contributed by atoms with E-state index in [1.54, 1.807) is 0 Å². The van der Waals surface area contributed by atoms with Crippen LogP contribution in [-0.4, -0.2) is 75.6 Å². The maximum Gasteiger partial charge on any atom is 0.472 e. The Kier molecular flexibility index (Phi) is 36.3. The van der Waals surface area contributed by atoms with Crippen molar-refractivity contribution in [3.63, 3.8) is 0 Å². The largest absolute Gasteiger partial charge is 0.472 e. The molecule has 1 N–H and O–H groups in total. The van der Waals surface area contributed by atoms with Crippen LogP contribution in [0.5, 0.6) is 0 Å². The Morgan fingerprint density at radius 3 is 1.66 bits per heavy atom. The maximum absolute atomic E-state index is 12.7. The Hall–Kier alpha value is -1.54. The number of carbonyl (C=O) groups is 1. The van der Waals surface area contributed by atoms with Gasteiger partial charge in [-0.1, -0.05) is 140 Å². The number of nitrogens with zero attached hydrogens (tertiary/aromatic N) is 1. The van der Waals surface area contributed by atoms with E-state index in [-0.39, 0.29) is 25.8 Å². The van der Waals surface area contributed by atoms with Crippen LogP contribution in [0.1, 0.15) is 168 Å². The monoisotopic (exact) mass is 769 g/mol. The third kappa shape index (κ3) is 41.5. The number of phosphoric ester groups is 1. The van der Waals surface area contributed by atoms with Crippen LogP contribution in [0.2, 0.25) is 0 Å². The summed E-state index contributed by atoms with van der Waals surface area (Å²) in [6.07, 6.45) is 44.2. The molecule has 0 spiro atoms. The molecule has 0 fully saturated rings. The Morgan fingerprint density at radius 2 is 1.09 bits per heavy atom. The molecule has 0 radical (unpaired) electrons. The zero-order valence-corrected chi connectivity index (χ0v) is 35.9. The van der Waals surface area contributed by atoms with Crippen molar-refractivity contribution in [2.75, 3.05) is 54.1 Å². The van der Waals surface area contributed by atoms with E-state index in [9.17, 15) is 14.3 Å². The number of carbonyl (C=O) groups excluding carboxylic acids is 1. The SMILES string of the molecule is CC/C=C\C/C=C\C/C=C\CCCCCCCCOCC(COP(=O)(O)OCC[N+](C)(C)C)OC(=O)CCCCCCC/C=C\CCCCCCCC. The summed E-state index contributed by atoms with van der Waals surface area (Å²) in [5.74, 6) is -0.329. The lowest BCUT2D eigenvalue weighted by Crippen LogP contribution is -2.37. The number of hydrogen-bond donors (Lipinski definition) is 1. The van der Waals surface area contributed by atoms with E-state index in [2.05, 4.69) is 62.5 Å². The molecule has 9 heteroatoms. The van der Waals surface area contributed by atoms with Gasteiger partial charge in [0.25, 0.3) is 0 Å². The second-order valence-corrected chi connectivity index (χ2v) is 16.8. The third-order valence-corrected chi connectivity index (χ3v) is 9.86. The first kappa shape index (κ1) is 51.5. The standard InChI is InChI=1S/C44H82NO7P/c1-6-8-10-12-14-16-18-20-22-24-26-28-30-32-34-36-39-49-41-43(42-51-53(47,48)50-40-38-45(3,4)5)52-44(46)37-35-33-31-29-27-25-23-21-19-17-15-13-11-9-7-2/h8,10,14,16,20-23,43H,6-7,9,11-13,15,17-19,24-42H2,1-5H3/p+1/b10-8-,16-14-,22-20-,23-21-. The number of phosphoric acid groups is 1. The van der Waals surface area contributed by atoms with E-state index in [4.69, 9.17) is 18.5 Å². The van der Waals surface area contributed by atoms with Gasteiger partial charge in [-0.2, -0.15) is 0 Å². The van der Waals surface area contributed by atoms with E-state index in [1.807, 2.05) is 21.1 Å². The summed E-state index contributed by atoms with van der Waals surface area (Å²) < 4.78 is 34.9. The molecule has 0 heterocycles. The van der Waals surface area contributed by atoms with E-state index in [0.717, 1.165) is 77.0 Å². The Labute approximate surface area is 327 Å². The smallest absolute Gasteiger partial charge is 0.457 e. The zero-order chi connectivity index (χ0) is 39.1. The number of likely N-dealkylation sites (N-methyl/N-ethyl adjacent to an activating group) is 1. The van der Waals surface area contributed by atoms with Gasteiger partial charge >= 0.3 is 13.8 Å². The van der Waals surface area contributed by atoms with Gasteiger partial charge in [-0.15, -0.1) is 0 Å². The number of ether oxygens (including phenoxy) is 2. The van der Waals surface area contributed by atoms with Crippen LogP contribution in [0.25, 0.3) is 0 Å². The molecule has 0 saturated carbocycles. The second-order valence-electron chi connectivity index (χ2n) is 15.3. The number of unbranched alkanes of at least 4 members (excludes halogenated alkanes) is 17. The predicted octanol–water partition coefficient (Wildman–Crippen LogP) is 12.4.